The number of hydrogen-bond donors (Lipinski definition) is 0. The van der Waals surface area contributed by atoms with Crippen molar-refractivity contribution >= 4 is 28.7 Å². The highest BCUT2D eigenvalue weighted by Crippen LogP contribution is 2.34. The summed E-state index contributed by atoms with van der Waals surface area (Å²) in [5, 5.41) is 10.6. The van der Waals surface area contributed by atoms with E-state index in [9.17, 15) is 4.79 Å². The number of fused-ring (bicyclic) bond motifs is 1. The van der Waals surface area contributed by atoms with Crippen molar-refractivity contribution in [2.75, 3.05) is 13.7 Å². The summed E-state index contributed by atoms with van der Waals surface area (Å²) in [7, 11) is 1.64. The first-order chi connectivity index (χ1) is 15.5. The first kappa shape index (κ1) is 22.0. The molecule has 0 unspecified atom stereocenters. The molecule has 166 valence electrons. The molecule has 7 nitrogen and oxygen atoms in total. The third-order valence-corrected chi connectivity index (χ3v) is 6.00. The van der Waals surface area contributed by atoms with Gasteiger partial charge in [-0.05, 0) is 51.1 Å². The van der Waals surface area contributed by atoms with Crippen molar-refractivity contribution in [3.8, 4) is 17.1 Å². The number of rotatable bonds is 8. The quantitative estimate of drug-likeness (QED) is 0.249. The smallest absolute Gasteiger partial charge is 0.374 e. The average molecular weight is 452 g/mol. The molecule has 0 amide bonds. The lowest BCUT2D eigenvalue weighted by Crippen LogP contribution is -2.07. The molecule has 2 aromatic heterocycles. The van der Waals surface area contributed by atoms with Crippen molar-refractivity contribution in [2.24, 2.45) is 0 Å². The Bertz CT molecular complexity index is 1230. The molecule has 0 fully saturated rings. The van der Waals surface area contributed by atoms with Crippen LogP contribution in [0.5, 0.6) is 5.75 Å². The van der Waals surface area contributed by atoms with Crippen LogP contribution in [-0.4, -0.2) is 34.5 Å². The van der Waals surface area contributed by atoms with Gasteiger partial charge >= 0.3 is 5.97 Å². The zero-order valence-corrected chi connectivity index (χ0v) is 19.3. The van der Waals surface area contributed by atoms with Crippen LogP contribution >= 0.6 is 11.8 Å². The Morgan fingerprint density at radius 1 is 1.12 bits per heavy atom. The standard InChI is InChI=1S/C24H25N3O4S/c1-5-30-23(28)21-19(18-8-6-7-9-20(18)31-21)14-32-24-26-25-22(27(24)15(2)3)16-10-12-17(29-4)13-11-16/h6-13,15H,5,14H2,1-4H3. The fraction of sp³-hybridized carbons (Fsp3) is 0.292. The number of furan rings is 1. The largest absolute Gasteiger partial charge is 0.497 e. The van der Waals surface area contributed by atoms with E-state index >= 15 is 0 Å². The number of aromatic nitrogens is 3. The highest BCUT2D eigenvalue weighted by atomic mass is 32.2. The van der Waals surface area contributed by atoms with E-state index in [1.54, 1.807) is 14.0 Å². The van der Waals surface area contributed by atoms with Crippen molar-refractivity contribution in [1.82, 2.24) is 14.8 Å². The summed E-state index contributed by atoms with van der Waals surface area (Å²) >= 11 is 1.52. The van der Waals surface area contributed by atoms with Crippen LogP contribution in [0.3, 0.4) is 0 Å². The number of hydrogen-bond acceptors (Lipinski definition) is 7. The molecule has 0 aliphatic heterocycles. The van der Waals surface area contributed by atoms with Crippen molar-refractivity contribution < 1.29 is 18.7 Å². The summed E-state index contributed by atoms with van der Waals surface area (Å²) in [6.45, 7) is 6.26. The number of para-hydroxylation sites is 1. The maximum absolute atomic E-state index is 12.5. The third kappa shape index (κ3) is 4.23. The minimum absolute atomic E-state index is 0.148. The van der Waals surface area contributed by atoms with Gasteiger partial charge in [-0.3, -0.25) is 4.57 Å². The molecule has 4 aromatic rings. The predicted molar refractivity (Wildman–Crippen MR) is 124 cm³/mol. The van der Waals surface area contributed by atoms with E-state index in [0.29, 0.717) is 11.3 Å². The van der Waals surface area contributed by atoms with E-state index in [2.05, 4.69) is 28.6 Å². The summed E-state index contributed by atoms with van der Waals surface area (Å²) < 4.78 is 18.4. The Morgan fingerprint density at radius 3 is 2.56 bits per heavy atom. The van der Waals surface area contributed by atoms with E-state index in [0.717, 1.165) is 33.2 Å². The molecule has 0 saturated heterocycles. The molecule has 0 aliphatic rings. The molecule has 0 saturated carbocycles. The second kappa shape index (κ2) is 9.48. The summed E-state index contributed by atoms with van der Waals surface area (Å²) in [4.78, 5) is 12.5. The van der Waals surface area contributed by atoms with E-state index in [4.69, 9.17) is 13.9 Å². The first-order valence-corrected chi connectivity index (χ1v) is 11.4. The molecule has 8 heteroatoms. The van der Waals surface area contributed by atoms with Crippen molar-refractivity contribution in [1.29, 1.82) is 0 Å². The van der Waals surface area contributed by atoms with Crippen LogP contribution in [0, 0.1) is 0 Å². The zero-order valence-electron chi connectivity index (χ0n) is 18.5. The molecule has 2 aromatic carbocycles. The van der Waals surface area contributed by atoms with Crippen LogP contribution in [0.25, 0.3) is 22.4 Å². The van der Waals surface area contributed by atoms with Crippen LogP contribution in [0.1, 0.15) is 42.9 Å². The molecule has 2 heterocycles. The summed E-state index contributed by atoms with van der Waals surface area (Å²) in [6, 6.07) is 15.5. The molecular weight excluding hydrogens is 426 g/mol. The minimum atomic E-state index is -0.455. The number of ether oxygens (including phenoxy) is 2. The van der Waals surface area contributed by atoms with Gasteiger partial charge in [0.25, 0.3) is 0 Å². The highest BCUT2D eigenvalue weighted by Gasteiger charge is 2.23. The van der Waals surface area contributed by atoms with Crippen molar-refractivity contribution in [3.63, 3.8) is 0 Å². The van der Waals surface area contributed by atoms with Gasteiger partial charge in [-0.2, -0.15) is 0 Å². The number of carbonyl (C=O) groups excluding carboxylic acids is 1. The average Bonchev–Trinajstić information content (AvgIpc) is 3.39. The number of thioether (sulfide) groups is 1. The Kier molecular flexibility index (Phi) is 6.50. The zero-order chi connectivity index (χ0) is 22.7. The van der Waals surface area contributed by atoms with E-state index in [-0.39, 0.29) is 18.4 Å². The minimum Gasteiger partial charge on any atom is -0.497 e. The summed E-state index contributed by atoms with van der Waals surface area (Å²) in [5.74, 6) is 1.86. The van der Waals surface area contributed by atoms with Crippen LogP contribution in [0.2, 0.25) is 0 Å². The lowest BCUT2D eigenvalue weighted by atomic mass is 10.1. The van der Waals surface area contributed by atoms with Crippen molar-refractivity contribution in [2.45, 2.75) is 37.7 Å². The van der Waals surface area contributed by atoms with Crippen LogP contribution in [-0.2, 0) is 10.5 Å². The molecule has 0 bridgehead atoms. The number of nitrogens with zero attached hydrogens (tertiary/aromatic N) is 3. The second-order valence-electron chi connectivity index (χ2n) is 7.41. The molecular formula is C24H25N3O4S. The van der Waals surface area contributed by atoms with Gasteiger partial charge in [0.2, 0.25) is 5.76 Å². The predicted octanol–water partition coefficient (Wildman–Crippen LogP) is 5.75. The van der Waals surface area contributed by atoms with Gasteiger partial charge in [0.15, 0.2) is 11.0 Å². The molecule has 0 N–H and O–H groups in total. The summed E-state index contributed by atoms with van der Waals surface area (Å²) in [5.41, 5.74) is 2.42. The lowest BCUT2D eigenvalue weighted by Gasteiger charge is -2.14. The van der Waals surface area contributed by atoms with Crippen LogP contribution < -0.4 is 4.74 Å². The molecule has 0 atom stereocenters. The van der Waals surface area contributed by atoms with Gasteiger partial charge < -0.3 is 13.9 Å². The van der Waals surface area contributed by atoms with Gasteiger partial charge in [-0.1, -0.05) is 30.0 Å². The normalized spacial score (nSPS) is 11.3. The SMILES string of the molecule is CCOC(=O)c1oc2ccccc2c1CSc1nnc(-c2ccc(OC)cc2)n1C(C)C. The second-order valence-corrected chi connectivity index (χ2v) is 8.36. The number of esters is 1. The Balaban J connectivity index is 1.67. The molecule has 0 radical (unpaired) electrons. The van der Waals surface area contributed by atoms with E-state index < -0.39 is 5.97 Å². The maximum atomic E-state index is 12.5. The fourth-order valence-electron chi connectivity index (χ4n) is 3.52. The number of methoxy groups -OCH3 is 1. The lowest BCUT2D eigenvalue weighted by molar-refractivity contribution is 0.0491. The number of benzene rings is 2. The Hall–Kier alpha value is -3.26. The van der Waals surface area contributed by atoms with Gasteiger partial charge in [0.1, 0.15) is 11.3 Å². The highest BCUT2D eigenvalue weighted by molar-refractivity contribution is 7.98. The molecule has 32 heavy (non-hydrogen) atoms. The van der Waals surface area contributed by atoms with Crippen LogP contribution in [0.15, 0.2) is 58.1 Å². The third-order valence-electron chi connectivity index (χ3n) is 5.03. The molecule has 0 spiro atoms. The first-order valence-electron chi connectivity index (χ1n) is 10.4. The fourth-order valence-corrected chi connectivity index (χ4v) is 4.61. The van der Waals surface area contributed by atoms with Crippen molar-refractivity contribution in [3.05, 3.63) is 59.9 Å². The van der Waals surface area contributed by atoms with E-state index in [1.807, 2.05) is 48.5 Å². The van der Waals surface area contributed by atoms with Crippen LogP contribution in [0.4, 0.5) is 0 Å². The monoisotopic (exact) mass is 451 g/mol. The molecule has 0 aliphatic carbocycles. The topological polar surface area (TPSA) is 79.4 Å². The van der Waals surface area contributed by atoms with Gasteiger partial charge in [-0.15, -0.1) is 10.2 Å². The Morgan fingerprint density at radius 2 is 1.88 bits per heavy atom. The molecule has 4 rings (SSSR count). The maximum Gasteiger partial charge on any atom is 0.374 e. The summed E-state index contributed by atoms with van der Waals surface area (Å²) in [6.07, 6.45) is 0. The number of carbonyl (C=O) groups is 1. The van der Waals surface area contributed by atoms with Gasteiger partial charge in [-0.25, -0.2) is 4.79 Å². The van der Waals surface area contributed by atoms with E-state index in [1.165, 1.54) is 11.8 Å². The van der Waals surface area contributed by atoms with Gasteiger partial charge in [0.05, 0.1) is 13.7 Å². The van der Waals surface area contributed by atoms with Gasteiger partial charge in [0, 0.05) is 28.3 Å². The Labute approximate surface area is 190 Å².